The average molecular weight is 343 g/mol. The minimum atomic E-state index is -0.983. The van der Waals surface area contributed by atoms with Gasteiger partial charge in [0.2, 0.25) is 5.76 Å². The van der Waals surface area contributed by atoms with E-state index in [2.05, 4.69) is 9.72 Å². The van der Waals surface area contributed by atoms with E-state index < -0.39 is 11.9 Å². The fraction of sp³-hybridized carbons (Fsp3) is 0.118. The van der Waals surface area contributed by atoms with E-state index in [1.807, 2.05) is 24.3 Å². The van der Waals surface area contributed by atoms with Crippen molar-refractivity contribution in [2.75, 3.05) is 7.11 Å². The molecule has 0 amide bonds. The standard InChI is InChI=1S/C17H13NO5S/c1-22-17(21)15-10(6-7-23-15)8-11(9-14(19)20)16-18-12-4-2-3-5-13(12)24-16/h2-8H,9H2,1H3,(H,19,20)/b11-8+. The van der Waals surface area contributed by atoms with Gasteiger partial charge in [0.1, 0.15) is 5.01 Å². The topological polar surface area (TPSA) is 89.6 Å². The highest BCUT2D eigenvalue weighted by Crippen LogP contribution is 2.31. The molecule has 0 unspecified atom stereocenters. The van der Waals surface area contributed by atoms with E-state index >= 15 is 0 Å². The van der Waals surface area contributed by atoms with Crippen LogP contribution in [0.15, 0.2) is 41.0 Å². The summed E-state index contributed by atoms with van der Waals surface area (Å²) in [6, 6.07) is 9.15. The monoisotopic (exact) mass is 343 g/mol. The molecule has 0 saturated carbocycles. The molecule has 1 N–H and O–H groups in total. The Balaban J connectivity index is 2.08. The lowest BCUT2D eigenvalue weighted by atomic mass is 10.1. The van der Waals surface area contributed by atoms with E-state index in [0.717, 1.165) is 10.2 Å². The van der Waals surface area contributed by atoms with Gasteiger partial charge in [-0.1, -0.05) is 12.1 Å². The summed E-state index contributed by atoms with van der Waals surface area (Å²) >= 11 is 1.40. The van der Waals surface area contributed by atoms with E-state index in [0.29, 0.717) is 16.1 Å². The van der Waals surface area contributed by atoms with Crippen molar-refractivity contribution in [1.29, 1.82) is 0 Å². The number of carboxylic acids is 1. The molecule has 0 aliphatic heterocycles. The van der Waals surface area contributed by atoms with Crippen LogP contribution in [0.4, 0.5) is 0 Å². The number of furan rings is 1. The molecule has 0 aliphatic carbocycles. The Labute approximate surface area is 141 Å². The summed E-state index contributed by atoms with van der Waals surface area (Å²) in [4.78, 5) is 27.4. The first-order chi connectivity index (χ1) is 11.6. The first-order valence-electron chi connectivity index (χ1n) is 7.02. The maximum absolute atomic E-state index is 11.7. The number of ether oxygens (including phenoxy) is 1. The van der Waals surface area contributed by atoms with Gasteiger partial charge in [-0.2, -0.15) is 0 Å². The van der Waals surface area contributed by atoms with E-state index in [1.165, 1.54) is 24.7 Å². The zero-order valence-electron chi connectivity index (χ0n) is 12.7. The number of aliphatic carboxylic acids is 1. The number of fused-ring (bicyclic) bond motifs is 1. The molecule has 122 valence electrons. The predicted molar refractivity (Wildman–Crippen MR) is 89.8 cm³/mol. The van der Waals surface area contributed by atoms with E-state index in [1.54, 1.807) is 12.1 Å². The van der Waals surface area contributed by atoms with Crippen molar-refractivity contribution in [2.45, 2.75) is 6.42 Å². The van der Waals surface area contributed by atoms with Gasteiger partial charge in [-0.25, -0.2) is 9.78 Å². The first kappa shape index (κ1) is 15.9. The molecule has 0 bridgehead atoms. The lowest BCUT2D eigenvalue weighted by Gasteiger charge is -2.01. The number of para-hydroxylation sites is 1. The maximum atomic E-state index is 11.7. The van der Waals surface area contributed by atoms with Gasteiger partial charge in [-0.15, -0.1) is 11.3 Å². The highest BCUT2D eigenvalue weighted by Gasteiger charge is 2.18. The molecule has 3 aromatic rings. The Hall–Kier alpha value is -2.93. The first-order valence-corrected chi connectivity index (χ1v) is 7.84. The van der Waals surface area contributed by atoms with Crippen LogP contribution in [-0.4, -0.2) is 29.1 Å². The smallest absolute Gasteiger partial charge is 0.374 e. The third-order valence-electron chi connectivity index (χ3n) is 3.31. The number of thiazole rings is 1. The molecule has 0 atom stereocenters. The SMILES string of the molecule is COC(=O)c1occc1/C=C(\CC(=O)O)c1nc2ccccc2s1. The number of carboxylic acid groups (broad SMARTS) is 1. The number of hydrogen-bond donors (Lipinski definition) is 1. The molecule has 2 heterocycles. The summed E-state index contributed by atoms with van der Waals surface area (Å²) in [6.45, 7) is 0. The second kappa shape index (κ2) is 6.67. The summed E-state index contributed by atoms with van der Waals surface area (Å²) in [5.74, 6) is -1.57. The Morgan fingerprint density at radius 3 is 2.83 bits per heavy atom. The lowest BCUT2D eigenvalue weighted by molar-refractivity contribution is -0.135. The number of carbonyl (C=O) groups excluding carboxylic acids is 1. The van der Waals surface area contributed by atoms with E-state index in [-0.39, 0.29) is 12.2 Å². The molecule has 2 aromatic heterocycles. The van der Waals surface area contributed by atoms with Crippen molar-refractivity contribution < 1.29 is 23.8 Å². The quantitative estimate of drug-likeness (QED) is 0.711. The van der Waals surface area contributed by atoms with Crippen LogP contribution >= 0.6 is 11.3 Å². The number of aromatic nitrogens is 1. The summed E-state index contributed by atoms with van der Waals surface area (Å²) in [5.41, 5.74) is 1.75. The van der Waals surface area contributed by atoms with Crippen LogP contribution in [0.25, 0.3) is 21.9 Å². The van der Waals surface area contributed by atoms with Crippen LogP contribution in [0.1, 0.15) is 27.5 Å². The minimum Gasteiger partial charge on any atom is -0.481 e. The van der Waals surface area contributed by atoms with Gasteiger partial charge in [0.25, 0.3) is 0 Å². The Morgan fingerprint density at radius 1 is 1.33 bits per heavy atom. The molecular weight excluding hydrogens is 330 g/mol. The van der Waals surface area contributed by atoms with Crippen LogP contribution in [0.2, 0.25) is 0 Å². The molecule has 0 aliphatic rings. The Morgan fingerprint density at radius 2 is 2.12 bits per heavy atom. The maximum Gasteiger partial charge on any atom is 0.374 e. The fourth-order valence-electron chi connectivity index (χ4n) is 2.24. The molecule has 0 fully saturated rings. The Kier molecular flexibility index (Phi) is 4.43. The van der Waals surface area contributed by atoms with Crippen LogP contribution in [-0.2, 0) is 9.53 Å². The molecule has 0 saturated heterocycles. The molecule has 24 heavy (non-hydrogen) atoms. The second-order valence-corrected chi connectivity index (χ2v) is 5.95. The predicted octanol–water partition coefficient (Wildman–Crippen LogP) is 3.69. The lowest BCUT2D eigenvalue weighted by Crippen LogP contribution is -2.02. The summed E-state index contributed by atoms with van der Waals surface area (Å²) in [6.07, 6.45) is 2.74. The molecule has 0 spiro atoms. The number of hydrogen-bond acceptors (Lipinski definition) is 6. The van der Waals surface area contributed by atoms with Crippen molar-refractivity contribution in [2.24, 2.45) is 0 Å². The number of carbonyl (C=O) groups is 2. The van der Waals surface area contributed by atoms with Gasteiger partial charge >= 0.3 is 11.9 Å². The second-order valence-electron chi connectivity index (χ2n) is 4.92. The van der Waals surface area contributed by atoms with Crippen molar-refractivity contribution in [3.8, 4) is 0 Å². The summed E-state index contributed by atoms with van der Waals surface area (Å²) in [5, 5.41) is 9.79. The Bertz CT molecular complexity index is 904. The van der Waals surface area contributed by atoms with Gasteiger partial charge in [0.15, 0.2) is 0 Å². The zero-order valence-corrected chi connectivity index (χ0v) is 13.5. The van der Waals surface area contributed by atoms with Gasteiger partial charge in [-0.05, 0) is 29.8 Å². The van der Waals surface area contributed by atoms with Gasteiger partial charge in [0, 0.05) is 5.56 Å². The molecule has 6 nitrogen and oxygen atoms in total. The highest BCUT2D eigenvalue weighted by molar-refractivity contribution is 7.19. The average Bonchev–Trinajstić information content (AvgIpc) is 3.19. The summed E-state index contributed by atoms with van der Waals surface area (Å²) in [7, 11) is 1.25. The van der Waals surface area contributed by atoms with Gasteiger partial charge < -0.3 is 14.3 Å². The van der Waals surface area contributed by atoms with Crippen molar-refractivity contribution in [1.82, 2.24) is 4.98 Å². The normalized spacial score (nSPS) is 11.6. The molecule has 0 radical (unpaired) electrons. The third-order valence-corrected chi connectivity index (χ3v) is 4.42. The molecule has 7 heteroatoms. The molecular formula is C17H13NO5S. The molecule has 1 aromatic carbocycles. The fourth-order valence-corrected chi connectivity index (χ4v) is 3.22. The van der Waals surface area contributed by atoms with Crippen LogP contribution < -0.4 is 0 Å². The molecule has 3 rings (SSSR count). The summed E-state index contributed by atoms with van der Waals surface area (Å²) < 4.78 is 10.8. The van der Waals surface area contributed by atoms with Crippen molar-refractivity contribution in [3.63, 3.8) is 0 Å². The van der Waals surface area contributed by atoms with Crippen LogP contribution in [0.3, 0.4) is 0 Å². The number of methoxy groups -OCH3 is 1. The van der Waals surface area contributed by atoms with Crippen LogP contribution in [0.5, 0.6) is 0 Å². The van der Waals surface area contributed by atoms with Gasteiger partial charge in [0.05, 0.1) is 30.0 Å². The number of rotatable bonds is 5. The van der Waals surface area contributed by atoms with E-state index in [9.17, 15) is 14.7 Å². The number of esters is 1. The number of benzene rings is 1. The van der Waals surface area contributed by atoms with Crippen molar-refractivity contribution in [3.05, 3.63) is 52.9 Å². The van der Waals surface area contributed by atoms with E-state index in [4.69, 9.17) is 4.42 Å². The third kappa shape index (κ3) is 3.21. The van der Waals surface area contributed by atoms with Gasteiger partial charge in [-0.3, -0.25) is 4.79 Å². The zero-order chi connectivity index (χ0) is 17.1. The minimum absolute atomic E-state index is 0.0292. The highest BCUT2D eigenvalue weighted by atomic mass is 32.1. The van der Waals surface area contributed by atoms with Crippen molar-refractivity contribution >= 4 is 45.1 Å². The van der Waals surface area contributed by atoms with Crippen LogP contribution in [0, 0.1) is 0 Å². The largest absolute Gasteiger partial charge is 0.481 e. The number of nitrogens with zero attached hydrogens (tertiary/aromatic N) is 1.